The largest absolute Gasteiger partial charge is 0.490 e. The number of allylic oxidation sites excluding steroid dienone is 1. The van der Waals surface area contributed by atoms with Crippen molar-refractivity contribution in [1.82, 2.24) is 4.90 Å². The molecule has 7 nitrogen and oxygen atoms in total. The Kier molecular flexibility index (Phi) is 9.83. The number of hydrogen-bond acceptors (Lipinski definition) is 6. The van der Waals surface area contributed by atoms with E-state index in [2.05, 4.69) is 34.5 Å². The van der Waals surface area contributed by atoms with Crippen molar-refractivity contribution < 1.29 is 23.9 Å². The van der Waals surface area contributed by atoms with Gasteiger partial charge in [-0.15, -0.1) is 6.58 Å². The standard InChI is InChI=1S/C30H27IN2O5S/c1-3-8-22-15-21(16-25(37-4-2)28(22)38-19-20-9-6-5-7-10-20)17-26-29(35)33(30(36)39-26)18-27(34)32-24-13-11-23(31)12-14-24/h3,5-7,9-17H,1,4,8,18-19H2,2H3,(H,32,34)/b26-17-. The van der Waals surface area contributed by atoms with Crippen LogP contribution in [0.4, 0.5) is 10.5 Å². The molecule has 3 amide bonds. The lowest BCUT2D eigenvalue weighted by atomic mass is 10.0. The maximum Gasteiger partial charge on any atom is 0.294 e. The van der Waals surface area contributed by atoms with E-state index in [4.69, 9.17) is 9.47 Å². The quantitative estimate of drug-likeness (QED) is 0.141. The second kappa shape index (κ2) is 13.5. The summed E-state index contributed by atoms with van der Waals surface area (Å²) < 4.78 is 13.1. The van der Waals surface area contributed by atoms with Gasteiger partial charge in [-0.2, -0.15) is 0 Å². The highest BCUT2D eigenvalue weighted by Gasteiger charge is 2.36. The van der Waals surface area contributed by atoms with Crippen LogP contribution >= 0.6 is 34.4 Å². The van der Waals surface area contributed by atoms with Gasteiger partial charge in [0.05, 0.1) is 11.5 Å². The topological polar surface area (TPSA) is 84.9 Å². The van der Waals surface area contributed by atoms with E-state index in [0.29, 0.717) is 42.4 Å². The predicted molar refractivity (Wildman–Crippen MR) is 163 cm³/mol. The van der Waals surface area contributed by atoms with Gasteiger partial charge < -0.3 is 14.8 Å². The van der Waals surface area contributed by atoms with Gasteiger partial charge in [0.1, 0.15) is 13.2 Å². The Hall–Kier alpha value is -3.57. The number of benzene rings is 3. The van der Waals surface area contributed by atoms with Crippen LogP contribution in [0.3, 0.4) is 0 Å². The number of carbonyl (C=O) groups excluding carboxylic acids is 3. The summed E-state index contributed by atoms with van der Waals surface area (Å²) in [6.07, 6.45) is 3.93. The van der Waals surface area contributed by atoms with Crippen LogP contribution in [-0.2, 0) is 22.6 Å². The molecule has 0 unspecified atom stereocenters. The van der Waals surface area contributed by atoms with Gasteiger partial charge in [-0.3, -0.25) is 19.3 Å². The number of nitrogens with one attached hydrogen (secondary N) is 1. The summed E-state index contributed by atoms with van der Waals surface area (Å²) in [7, 11) is 0. The van der Waals surface area contributed by atoms with Gasteiger partial charge in [-0.25, -0.2) is 0 Å². The minimum atomic E-state index is -0.518. The average Bonchev–Trinajstić information content (AvgIpc) is 3.17. The van der Waals surface area contributed by atoms with Crippen LogP contribution in [0, 0.1) is 3.57 Å². The van der Waals surface area contributed by atoms with Gasteiger partial charge in [0.15, 0.2) is 11.5 Å². The van der Waals surface area contributed by atoms with E-state index < -0.39 is 17.1 Å². The summed E-state index contributed by atoms with van der Waals surface area (Å²) >= 11 is 2.97. The molecule has 0 aliphatic carbocycles. The van der Waals surface area contributed by atoms with E-state index in [1.807, 2.05) is 55.5 Å². The average molecular weight is 655 g/mol. The van der Waals surface area contributed by atoms with Crippen LogP contribution in [0.15, 0.2) is 84.3 Å². The number of ether oxygens (including phenoxy) is 2. The van der Waals surface area contributed by atoms with Crippen molar-refractivity contribution in [3.63, 3.8) is 0 Å². The lowest BCUT2D eigenvalue weighted by Gasteiger charge is -2.17. The van der Waals surface area contributed by atoms with Crippen molar-refractivity contribution in [2.45, 2.75) is 20.0 Å². The van der Waals surface area contributed by atoms with Crippen molar-refractivity contribution >= 4 is 63.2 Å². The van der Waals surface area contributed by atoms with Crippen molar-refractivity contribution in [1.29, 1.82) is 0 Å². The van der Waals surface area contributed by atoms with Crippen LogP contribution in [0.25, 0.3) is 6.08 Å². The molecule has 1 fully saturated rings. The molecule has 0 atom stereocenters. The summed E-state index contributed by atoms with van der Waals surface area (Å²) in [6, 6.07) is 20.7. The first-order valence-electron chi connectivity index (χ1n) is 12.3. The molecule has 3 aromatic carbocycles. The predicted octanol–water partition coefficient (Wildman–Crippen LogP) is 6.67. The molecule has 1 heterocycles. The smallest absolute Gasteiger partial charge is 0.294 e. The Bertz CT molecular complexity index is 1410. The summed E-state index contributed by atoms with van der Waals surface area (Å²) in [5, 5.41) is 2.22. The number of amides is 3. The normalized spacial score (nSPS) is 14.0. The third-order valence-electron chi connectivity index (χ3n) is 5.65. The molecule has 0 saturated carbocycles. The van der Waals surface area contributed by atoms with Crippen molar-refractivity contribution in [3.8, 4) is 11.5 Å². The van der Waals surface area contributed by atoms with Gasteiger partial charge in [0.2, 0.25) is 5.91 Å². The molecule has 3 aromatic rings. The monoisotopic (exact) mass is 654 g/mol. The summed E-state index contributed by atoms with van der Waals surface area (Å²) in [5.41, 5.74) is 3.13. The van der Waals surface area contributed by atoms with E-state index in [-0.39, 0.29) is 11.4 Å². The van der Waals surface area contributed by atoms with E-state index >= 15 is 0 Å². The van der Waals surface area contributed by atoms with Gasteiger partial charge in [0, 0.05) is 14.8 Å². The van der Waals surface area contributed by atoms with E-state index in [1.165, 1.54) is 0 Å². The van der Waals surface area contributed by atoms with Crippen LogP contribution in [-0.4, -0.2) is 35.1 Å². The second-order valence-electron chi connectivity index (χ2n) is 8.53. The number of carbonyl (C=O) groups is 3. The maximum absolute atomic E-state index is 13.1. The van der Waals surface area contributed by atoms with Gasteiger partial charge in [-0.1, -0.05) is 36.4 Å². The Morgan fingerprint density at radius 1 is 1.08 bits per heavy atom. The van der Waals surface area contributed by atoms with Crippen molar-refractivity contribution in [2.24, 2.45) is 0 Å². The van der Waals surface area contributed by atoms with E-state index in [9.17, 15) is 14.4 Å². The Balaban J connectivity index is 1.54. The minimum absolute atomic E-state index is 0.229. The van der Waals surface area contributed by atoms with Crippen LogP contribution in [0.5, 0.6) is 11.5 Å². The first-order valence-corrected chi connectivity index (χ1v) is 14.2. The van der Waals surface area contributed by atoms with Crippen LogP contribution in [0.1, 0.15) is 23.6 Å². The zero-order valence-corrected chi connectivity index (χ0v) is 24.3. The zero-order chi connectivity index (χ0) is 27.8. The fraction of sp³-hybridized carbons (Fsp3) is 0.167. The maximum atomic E-state index is 13.1. The number of thioether (sulfide) groups is 1. The van der Waals surface area contributed by atoms with Gasteiger partial charge in [-0.05, 0) is 101 Å². The first kappa shape index (κ1) is 28.4. The summed E-state index contributed by atoms with van der Waals surface area (Å²) in [4.78, 5) is 39.4. The third-order valence-corrected chi connectivity index (χ3v) is 7.27. The molecule has 1 aliphatic heterocycles. The molecule has 0 spiro atoms. The number of hydrogen-bond donors (Lipinski definition) is 1. The fourth-order valence-electron chi connectivity index (χ4n) is 3.90. The lowest BCUT2D eigenvalue weighted by molar-refractivity contribution is -0.127. The van der Waals surface area contributed by atoms with Gasteiger partial charge in [0.25, 0.3) is 11.1 Å². The molecular formula is C30H27IN2O5S. The molecule has 0 radical (unpaired) electrons. The molecular weight excluding hydrogens is 627 g/mol. The Morgan fingerprint density at radius 3 is 2.51 bits per heavy atom. The molecule has 4 rings (SSSR count). The van der Waals surface area contributed by atoms with E-state index in [1.54, 1.807) is 30.4 Å². The number of nitrogens with zero attached hydrogens (tertiary/aromatic N) is 1. The van der Waals surface area contributed by atoms with Crippen LogP contribution < -0.4 is 14.8 Å². The Labute approximate surface area is 245 Å². The number of anilines is 1. The third kappa shape index (κ3) is 7.51. The zero-order valence-electron chi connectivity index (χ0n) is 21.3. The molecule has 0 aromatic heterocycles. The fourth-order valence-corrected chi connectivity index (χ4v) is 5.09. The summed E-state index contributed by atoms with van der Waals surface area (Å²) in [5.74, 6) is 0.176. The molecule has 1 saturated heterocycles. The minimum Gasteiger partial charge on any atom is -0.490 e. The SMILES string of the molecule is C=CCc1cc(/C=C2\SC(=O)N(CC(=O)Nc3ccc(I)cc3)C2=O)cc(OCC)c1OCc1ccccc1. The highest BCUT2D eigenvalue weighted by Crippen LogP contribution is 2.37. The van der Waals surface area contributed by atoms with Gasteiger partial charge >= 0.3 is 0 Å². The highest BCUT2D eigenvalue weighted by atomic mass is 127. The van der Waals surface area contributed by atoms with Crippen molar-refractivity contribution in [3.05, 3.63) is 105 Å². The summed E-state index contributed by atoms with van der Waals surface area (Å²) in [6.45, 7) is 6.16. The highest BCUT2D eigenvalue weighted by molar-refractivity contribution is 14.1. The molecule has 9 heteroatoms. The molecule has 0 bridgehead atoms. The number of rotatable bonds is 11. The van der Waals surface area contributed by atoms with Crippen molar-refractivity contribution in [2.75, 3.05) is 18.5 Å². The molecule has 1 N–H and O–H groups in total. The van der Waals surface area contributed by atoms with E-state index in [0.717, 1.165) is 31.4 Å². The molecule has 39 heavy (non-hydrogen) atoms. The van der Waals surface area contributed by atoms with Crippen LogP contribution in [0.2, 0.25) is 0 Å². The Morgan fingerprint density at radius 2 is 1.82 bits per heavy atom. The molecule has 1 aliphatic rings. The lowest BCUT2D eigenvalue weighted by Crippen LogP contribution is -2.36. The second-order valence-corrected chi connectivity index (χ2v) is 10.8. The number of imide groups is 1. The first-order chi connectivity index (χ1) is 18.9. The molecule has 200 valence electrons. The number of halogens is 1.